The molecule has 2 amide bonds. The molecule has 1 aliphatic heterocycles. The average molecular weight is 447 g/mol. The van der Waals surface area contributed by atoms with Gasteiger partial charge in [0.1, 0.15) is 29.8 Å². The van der Waals surface area contributed by atoms with Crippen LogP contribution in [0.15, 0.2) is 66.7 Å². The molecule has 0 unspecified atom stereocenters. The molecule has 0 bridgehead atoms. The van der Waals surface area contributed by atoms with Gasteiger partial charge >= 0.3 is 0 Å². The summed E-state index contributed by atoms with van der Waals surface area (Å²) in [5.74, 6) is 1.27. The van der Waals surface area contributed by atoms with Gasteiger partial charge in [-0.2, -0.15) is 0 Å². The smallest absolute Gasteiger partial charge is 0.255 e. The topological polar surface area (TPSA) is 68.3 Å². The number of methoxy groups -OCH3 is 3. The maximum Gasteiger partial charge on any atom is 0.255 e. The summed E-state index contributed by atoms with van der Waals surface area (Å²) in [4.78, 5) is 30.5. The number of carbonyl (C=O) groups is 2. The van der Waals surface area contributed by atoms with Crippen molar-refractivity contribution < 1.29 is 23.8 Å². The fourth-order valence-corrected chi connectivity index (χ4v) is 3.98. The molecular formula is C26H26N2O5. The molecular weight excluding hydrogens is 420 g/mol. The Bertz CT molecular complexity index is 1160. The van der Waals surface area contributed by atoms with Crippen molar-refractivity contribution in [3.63, 3.8) is 0 Å². The number of ether oxygens (including phenoxy) is 3. The molecule has 0 saturated carbocycles. The molecule has 1 atom stereocenters. The summed E-state index contributed by atoms with van der Waals surface area (Å²) in [6, 6.07) is 19.1. The second-order valence-corrected chi connectivity index (χ2v) is 7.74. The second-order valence-electron chi connectivity index (χ2n) is 7.74. The van der Waals surface area contributed by atoms with Crippen LogP contribution in [0.4, 0.5) is 11.4 Å². The Morgan fingerprint density at radius 2 is 1.42 bits per heavy atom. The summed E-state index contributed by atoms with van der Waals surface area (Å²) in [6.07, 6.45) is 0. The molecule has 1 fully saturated rings. The monoisotopic (exact) mass is 446 g/mol. The van der Waals surface area contributed by atoms with Crippen molar-refractivity contribution >= 4 is 23.2 Å². The summed E-state index contributed by atoms with van der Waals surface area (Å²) in [7, 11) is 4.66. The van der Waals surface area contributed by atoms with Gasteiger partial charge in [0.05, 0.1) is 27.0 Å². The molecule has 1 aliphatic rings. The van der Waals surface area contributed by atoms with E-state index in [-0.39, 0.29) is 18.4 Å². The molecule has 7 heteroatoms. The molecule has 0 radical (unpaired) electrons. The molecule has 7 nitrogen and oxygen atoms in total. The van der Waals surface area contributed by atoms with E-state index in [9.17, 15) is 9.59 Å². The third kappa shape index (κ3) is 4.22. The van der Waals surface area contributed by atoms with Gasteiger partial charge in [-0.3, -0.25) is 19.4 Å². The van der Waals surface area contributed by atoms with Crippen LogP contribution in [0.2, 0.25) is 0 Å². The fraction of sp³-hybridized carbons (Fsp3) is 0.231. The predicted molar refractivity (Wildman–Crippen MR) is 126 cm³/mol. The number of amides is 2. The van der Waals surface area contributed by atoms with E-state index < -0.39 is 6.04 Å². The molecule has 3 aromatic carbocycles. The number of aryl methyl sites for hydroxylation is 1. The van der Waals surface area contributed by atoms with Gasteiger partial charge in [0.2, 0.25) is 5.91 Å². The lowest BCUT2D eigenvalue weighted by Crippen LogP contribution is -2.56. The van der Waals surface area contributed by atoms with Crippen molar-refractivity contribution in [2.75, 3.05) is 37.7 Å². The first-order valence-electron chi connectivity index (χ1n) is 10.5. The fourth-order valence-electron chi connectivity index (χ4n) is 3.98. The quantitative estimate of drug-likeness (QED) is 0.569. The Labute approximate surface area is 193 Å². The van der Waals surface area contributed by atoms with Crippen molar-refractivity contribution in [3.8, 4) is 17.2 Å². The standard InChI is InChI=1S/C26H26N2O5/c1-17-5-7-18(8-6-17)25-26(30)27(22-15-21(32-3)13-14-23(22)33-4)16-24(29)28(25)19-9-11-20(31-2)12-10-19/h5-15,25H,16H2,1-4H3/t25-/m0/s1. The van der Waals surface area contributed by atoms with E-state index >= 15 is 0 Å². The summed E-state index contributed by atoms with van der Waals surface area (Å²) < 4.78 is 16.1. The minimum absolute atomic E-state index is 0.128. The van der Waals surface area contributed by atoms with E-state index in [1.165, 1.54) is 12.0 Å². The first-order chi connectivity index (χ1) is 16.0. The molecule has 0 N–H and O–H groups in total. The highest BCUT2D eigenvalue weighted by atomic mass is 16.5. The van der Waals surface area contributed by atoms with Crippen molar-refractivity contribution in [3.05, 3.63) is 77.9 Å². The van der Waals surface area contributed by atoms with Crippen LogP contribution >= 0.6 is 0 Å². The van der Waals surface area contributed by atoms with Crippen LogP contribution in [-0.4, -0.2) is 39.7 Å². The van der Waals surface area contributed by atoms with Crippen LogP contribution in [0.5, 0.6) is 17.2 Å². The van der Waals surface area contributed by atoms with E-state index in [0.717, 1.165) is 11.1 Å². The Balaban J connectivity index is 1.82. The van der Waals surface area contributed by atoms with E-state index in [4.69, 9.17) is 14.2 Å². The van der Waals surface area contributed by atoms with Gasteiger partial charge in [-0.15, -0.1) is 0 Å². The van der Waals surface area contributed by atoms with Gasteiger partial charge in [0.15, 0.2) is 0 Å². The van der Waals surface area contributed by atoms with Crippen LogP contribution in [0.3, 0.4) is 0 Å². The third-order valence-corrected chi connectivity index (χ3v) is 5.74. The molecule has 1 heterocycles. The van der Waals surface area contributed by atoms with Crippen molar-refractivity contribution in [1.29, 1.82) is 0 Å². The zero-order valence-electron chi connectivity index (χ0n) is 19.1. The van der Waals surface area contributed by atoms with Gasteiger partial charge < -0.3 is 14.2 Å². The normalized spacial score (nSPS) is 16.1. The number of nitrogens with zero attached hydrogens (tertiary/aromatic N) is 2. The van der Waals surface area contributed by atoms with E-state index in [1.807, 2.05) is 31.2 Å². The van der Waals surface area contributed by atoms with Crippen molar-refractivity contribution in [2.24, 2.45) is 0 Å². The number of hydrogen-bond acceptors (Lipinski definition) is 5. The van der Waals surface area contributed by atoms with E-state index in [2.05, 4.69) is 0 Å². The van der Waals surface area contributed by atoms with Crippen LogP contribution in [0, 0.1) is 6.92 Å². The molecule has 170 valence electrons. The third-order valence-electron chi connectivity index (χ3n) is 5.74. The minimum atomic E-state index is -0.837. The summed E-state index contributed by atoms with van der Waals surface area (Å²) in [5, 5.41) is 0. The summed E-state index contributed by atoms with van der Waals surface area (Å²) in [5.41, 5.74) is 2.90. The van der Waals surface area contributed by atoms with E-state index in [0.29, 0.717) is 28.6 Å². The number of rotatable bonds is 6. The molecule has 3 aromatic rings. The Hall–Kier alpha value is -4.00. The van der Waals surface area contributed by atoms with E-state index in [1.54, 1.807) is 61.6 Å². The Morgan fingerprint density at radius 1 is 0.788 bits per heavy atom. The first-order valence-corrected chi connectivity index (χ1v) is 10.5. The maximum absolute atomic E-state index is 13.9. The number of benzene rings is 3. The predicted octanol–water partition coefficient (Wildman–Crippen LogP) is 4.14. The van der Waals surface area contributed by atoms with Crippen LogP contribution in [0.25, 0.3) is 0 Å². The highest BCUT2D eigenvalue weighted by Crippen LogP contribution is 2.39. The average Bonchev–Trinajstić information content (AvgIpc) is 2.85. The zero-order chi connectivity index (χ0) is 23.5. The highest BCUT2D eigenvalue weighted by Gasteiger charge is 2.42. The minimum Gasteiger partial charge on any atom is -0.497 e. The summed E-state index contributed by atoms with van der Waals surface area (Å²) in [6.45, 7) is 1.85. The molecule has 33 heavy (non-hydrogen) atoms. The molecule has 0 aromatic heterocycles. The summed E-state index contributed by atoms with van der Waals surface area (Å²) >= 11 is 0. The molecule has 0 aliphatic carbocycles. The molecule has 4 rings (SSSR count). The second kappa shape index (κ2) is 9.24. The Morgan fingerprint density at radius 3 is 2.03 bits per heavy atom. The number of piperazine rings is 1. The number of carbonyl (C=O) groups excluding carboxylic acids is 2. The molecule has 1 saturated heterocycles. The van der Waals surface area contributed by atoms with Crippen LogP contribution in [-0.2, 0) is 9.59 Å². The van der Waals surface area contributed by atoms with Crippen LogP contribution < -0.4 is 24.0 Å². The van der Waals surface area contributed by atoms with Crippen molar-refractivity contribution in [1.82, 2.24) is 0 Å². The first kappa shape index (κ1) is 22.2. The lowest BCUT2D eigenvalue weighted by atomic mass is 9.98. The van der Waals surface area contributed by atoms with Crippen LogP contribution in [0.1, 0.15) is 17.2 Å². The maximum atomic E-state index is 13.9. The Kier molecular flexibility index (Phi) is 6.22. The number of hydrogen-bond donors (Lipinski definition) is 0. The lowest BCUT2D eigenvalue weighted by molar-refractivity contribution is -0.128. The largest absolute Gasteiger partial charge is 0.497 e. The van der Waals surface area contributed by atoms with Gasteiger partial charge in [-0.05, 0) is 48.9 Å². The number of anilines is 2. The van der Waals surface area contributed by atoms with Gasteiger partial charge in [-0.25, -0.2) is 0 Å². The SMILES string of the molecule is COc1ccc(N2C(=O)CN(c3cc(OC)ccc3OC)C(=O)[C@@H]2c2ccc(C)cc2)cc1. The van der Waals surface area contributed by atoms with Gasteiger partial charge in [0, 0.05) is 11.8 Å². The highest BCUT2D eigenvalue weighted by molar-refractivity contribution is 6.15. The lowest BCUT2D eigenvalue weighted by Gasteiger charge is -2.40. The molecule has 0 spiro atoms. The van der Waals surface area contributed by atoms with Gasteiger partial charge in [0.25, 0.3) is 5.91 Å². The van der Waals surface area contributed by atoms with Crippen molar-refractivity contribution in [2.45, 2.75) is 13.0 Å². The van der Waals surface area contributed by atoms with Gasteiger partial charge in [-0.1, -0.05) is 29.8 Å². The zero-order valence-corrected chi connectivity index (χ0v) is 19.1.